The third kappa shape index (κ3) is 4.92. The molecule has 102 valence electrons. The molecular formula is C13H29N3O. The normalized spacial score (nSPS) is 23.5. The van der Waals surface area contributed by atoms with E-state index in [2.05, 4.69) is 29.1 Å². The maximum Gasteiger partial charge on any atom is 0.0628 e. The zero-order valence-electron chi connectivity index (χ0n) is 11.9. The molecule has 0 aromatic rings. The Morgan fingerprint density at radius 1 is 1.53 bits per heavy atom. The number of hydrogen-bond acceptors (Lipinski definition) is 4. The lowest BCUT2D eigenvalue weighted by Crippen LogP contribution is -2.45. The first-order valence-corrected chi connectivity index (χ1v) is 6.80. The summed E-state index contributed by atoms with van der Waals surface area (Å²) >= 11 is 0. The second kappa shape index (κ2) is 8.03. The van der Waals surface area contributed by atoms with Gasteiger partial charge in [0, 0.05) is 32.3 Å². The molecule has 0 saturated carbocycles. The van der Waals surface area contributed by atoms with E-state index < -0.39 is 0 Å². The van der Waals surface area contributed by atoms with Gasteiger partial charge in [-0.15, -0.1) is 0 Å². The summed E-state index contributed by atoms with van der Waals surface area (Å²) in [7, 11) is 5.98. The smallest absolute Gasteiger partial charge is 0.0628 e. The molecule has 1 aliphatic rings. The van der Waals surface area contributed by atoms with Gasteiger partial charge in [0.05, 0.1) is 6.61 Å². The van der Waals surface area contributed by atoms with Gasteiger partial charge < -0.3 is 15.0 Å². The molecule has 0 aromatic heterocycles. The predicted octanol–water partition coefficient (Wildman–Crippen LogP) is 0.637. The van der Waals surface area contributed by atoms with E-state index in [-0.39, 0.29) is 0 Å². The van der Waals surface area contributed by atoms with Crippen molar-refractivity contribution in [3.8, 4) is 0 Å². The maximum atomic E-state index is 5.21. The Hall–Kier alpha value is -0.160. The van der Waals surface area contributed by atoms with Crippen LogP contribution in [0.2, 0.25) is 0 Å². The van der Waals surface area contributed by atoms with Crippen molar-refractivity contribution in [2.24, 2.45) is 0 Å². The van der Waals surface area contributed by atoms with E-state index in [1.165, 1.54) is 32.5 Å². The van der Waals surface area contributed by atoms with Gasteiger partial charge in [-0.05, 0) is 40.0 Å². The molecule has 0 aliphatic carbocycles. The van der Waals surface area contributed by atoms with Crippen molar-refractivity contribution in [3.63, 3.8) is 0 Å². The van der Waals surface area contributed by atoms with E-state index in [1.54, 1.807) is 7.11 Å². The number of likely N-dealkylation sites (tertiary alicyclic amines) is 1. The summed E-state index contributed by atoms with van der Waals surface area (Å²) in [5.74, 6) is 0. The zero-order valence-corrected chi connectivity index (χ0v) is 11.9. The Kier molecular flexibility index (Phi) is 7.04. The van der Waals surface area contributed by atoms with Crippen LogP contribution in [0.3, 0.4) is 0 Å². The first-order valence-electron chi connectivity index (χ1n) is 6.80. The minimum Gasteiger partial charge on any atom is -0.383 e. The minimum atomic E-state index is 0.432. The molecule has 17 heavy (non-hydrogen) atoms. The minimum absolute atomic E-state index is 0.432. The second-order valence-electron chi connectivity index (χ2n) is 5.09. The summed E-state index contributed by atoms with van der Waals surface area (Å²) in [4.78, 5) is 5.03. The Morgan fingerprint density at radius 2 is 2.29 bits per heavy atom. The molecule has 1 rings (SSSR count). The summed E-state index contributed by atoms with van der Waals surface area (Å²) in [5.41, 5.74) is 0. The van der Waals surface area contributed by atoms with Crippen LogP contribution >= 0.6 is 0 Å². The number of nitrogens with one attached hydrogen (secondary N) is 1. The highest BCUT2D eigenvalue weighted by Gasteiger charge is 2.24. The van der Waals surface area contributed by atoms with Crippen LogP contribution in [-0.2, 0) is 4.74 Å². The van der Waals surface area contributed by atoms with Gasteiger partial charge in [0.2, 0.25) is 0 Å². The molecule has 0 bridgehead atoms. The molecule has 0 amide bonds. The average molecular weight is 243 g/mol. The lowest BCUT2D eigenvalue weighted by Gasteiger charge is -2.29. The van der Waals surface area contributed by atoms with Crippen LogP contribution in [0.5, 0.6) is 0 Å². The summed E-state index contributed by atoms with van der Waals surface area (Å²) in [5, 5.41) is 3.30. The molecule has 1 fully saturated rings. The number of methoxy groups -OCH3 is 1. The van der Waals surface area contributed by atoms with Gasteiger partial charge in [0.15, 0.2) is 0 Å². The van der Waals surface area contributed by atoms with Crippen LogP contribution in [0.4, 0.5) is 0 Å². The quantitative estimate of drug-likeness (QED) is 0.677. The maximum absolute atomic E-state index is 5.21. The molecule has 2 unspecified atom stereocenters. The molecule has 1 aliphatic heterocycles. The number of hydrogen-bond donors (Lipinski definition) is 1. The monoisotopic (exact) mass is 243 g/mol. The lowest BCUT2D eigenvalue weighted by atomic mass is 10.2. The first-order chi connectivity index (χ1) is 8.21. The fraction of sp³-hybridized carbons (Fsp3) is 1.00. The van der Waals surface area contributed by atoms with Gasteiger partial charge in [-0.25, -0.2) is 0 Å². The standard InChI is InChI=1S/C13H29N3O/c1-5-16-8-6-7-13(16)10-15(3)9-12(14-2)11-17-4/h12-14H,5-11H2,1-4H3. The van der Waals surface area contributed by atoms with Crippen LogP contribution in [0.25, 0.3) is 0 Å². The van der Waals surface area contributed by atoms with Gasteiger partial charge in [-0.3, -0.25) is 4.90 Å². The third-order valence-electron chi connectivity index (χ3n) is 3.74. The molecular weight excluding hydrogens is 214 g/mol. The van der Waals surface area contributed by atoms with Crippen molar-refractivity contribution in [2.75, 3.05) is 54.0 Å². The van der Waals surface area contributed by atoms with E-state index in [0.29, 0.717) is 6.04 Å². The molecule has 2 atom stereocenters. The molecule has 1 heterocycles. The Balaban J connectivity index is 2.29. The molecule has 1 N–H and O–H groups in total. The van der Waals surface area contributed by atoms with Crippen molar-refractivity contribution in [1.82, 2.24) is 15.1 Å². The van der Waals surface area contributed by atoms with Crippen molar-refractivity contribution in [3.05, 3.63) is 0 Å². The lowest BCUT2D eigenvalue weighted by molar-refractivity contribution is 0.136. The van der Waals surface area contributed by atoms with Crippen LogP contribution in [0.1, 0.15) is 19.8 Å². The van der Waals surface area contributed by atoms with E-state index in [9.17, 15) is 0 Å². The predicted molar refractivity (Wildman–Crippen MR) is 72.5 cm³/mol. The van der Waals surface area contributed by atoms with Gasteiger partial charge in [-0.2, -0.15) is 0 Å². The number of nitrogens with zero attached hydrogens (tertiary/aromatic N) is 2. The third-order valence-corrected chi connectivity index (χ3v) is 3.74. The van der Waals surface area contributed by atoms with Crippen molar-refractivity contribution in [1.29, 1.82) is 0 Å². The van der Waals surface area contributed by atoms with Gasteiger partial charge in [0.25, 0.3) is 0 Å². The number of likely N-dealkylation sites (N-methyl/N-ethyl adjacent to an activating group) is 3. The van der Waals surface area contributed by atoms with Gasteiger partial charge in [0.1, 0.15) is 0 Å². The van der Waals surface area contributed by atoms with Gasteiger partial charge in [-0.1, -0.05) is 6.92 Å². The van der Waals surface area contributed by atoms with Crippen LogP contribution in [0.15, 0.2) is 0 Å². The summed E-state index contributed by atoms with van der Waals surface area (Å²) in [6.07, 6.45) is 2.71. The fourth-order valence-electron chi connectivity index (χ4n) is 2.76. The van der Waals surface area contributed by atoms with Crippen molar-refractivity contribution >= 4 is 0 Å². The van der Waals surface area contributed by atoms with Crippen LogP contribution < -0.4 is 5.32 Å². The summed E-state index contributed by atoms with van der Waals surface area (Å²) in [6.45, 7) is 7.74. The number of rotatable bonds is 8. The molecule has 1 saturated heterocycles. The average Bonchev–Trinajstić information content (AvgIpc) is 2.75. The highest BCUT2D eigenvalue weighted by molar-refractivity contribution is 4.81. The fourth-order valence-corrected chi connectivity index (χ4v) is 2.76. The molecule has 4 nitrogen and oxygen atoms in total. The Labute approximate surface area is 106 Å². The van der Waals surface area contributed by atoms with Gasteiger partial charge >= 0.3 is 0 Å². The summed E-state index contributed by atoms with van der Waals surface area (Å²) < 4.78 is 5.21. The van der Waals surface area contributed by atoms with Crippen molar-refractivity contribution < 1.29 is 4.74 Å². The van der Waals surface area contributed by atoms with Crippen molar-refractivity contribution in [2.45, 2.75) is 31.8 Å². The van der Waals surface area contributed by atoms with E-state index in [4.69, 9.17) is 4.74 Å². The molecule has 0 spiro atoms. The Morgan fingerprint density at radius 3 is 2.88 bits per heavy atom. The highest BCUT2D eigenvalue weighted by Crippen LogP contribution is 2.17. The SMILES string of the molecule is CCN1CCCC1CN(C)CC(COC)NC. The number of ether oxygens (including phenoxy) is 1. The molecule has 4 heteroatoms. The second-order valence-corrected chi connectivity index (χ2v) is 5.09. The summed E-state index contributed by atoms with van der Waals surface area (Å²) in [6, 6.07) is 1.19. The van der Waals surface area contributed by atoms with Crippen LogP contribution in [0, 0.1) is 0 Å². The van der Waals surface area contributed by atoms with E-state index in [0.717, 1.165) is 19.2 Å². The highest BCUT2D eigenvalue weighted by atomic mass is 16.5. The zero-order chi connectivity index (χ0) is 12.7. The topological polar surface area (TPSA) is 27.7 Å². The molecule has 0 radical (unpaired) electrons. The first kappa shape index (κ1) is 14.9. The molecule has 0 aromatic carbocycles. The largest absolute Gasteiger partial charge is 0.383 e. The van der Waals surface area contributed by atoms with E-state index >= 15 is 0 Å². The van der Waals surface area contributed by atoms with Crippen LogP contribution in [-0.4, -0.2) is 75.9 Å². The Bertz CT molecular complexity index is 201. The van der Waals surface area contributed by atoms with E-state index in [1.807, 2.05) is 7.05 Å².